The van der Waals surface area contributed by atoms with E-state index in [4.69, 9.17) is 18.9 Å². The topological polar surface area (TPSA) is 66.0 Å². The van der Waals surface area contributed by atoms with Gasteiger partial charge in [-0.15, -0.1) is 0 Å². The third kappa shape index (κ3) is 3.96. The van der Waals surface area contributed by atoms with Crippen molar-refractivity contribution in [3.63, 3.8) is 0 Å². The van der Waals surface area contributed by atoms with Crippen LogP contribution in [0.4, 0.5) is 5.69 Å². The van der Waals surface area contributed by atoms with Crippen LogP contribution in [0.1, 0.15) is 24.2 Å². The molecule has 6 nitrogen and oxygen atoms in total. The molecule has 2 aromatic carbocycles. The minimum atomic E-state index is -0.244. The highest BCUT2D eigenvalue weighted by molar-refractivity contribution is 6.04. The SMILES string of the molecule is COc1cc(C(=O)Nc2ccc3c(c2)OCCO3)ccc1OC(C)C. The number of hydrogen-bond acceptors (Lipinski definition) is 5. The van der Waals surface area contributed by atoms with Crippen molar-refractivity contribution in [2.75, 3.05) is 25.6 Å². The van der Waals surface area contributed by atoms with Gasteiger partial charge in [0.05, 0.1) is 13.2 Å². The Labute approximate surface area is 146 Å². The number of hydrogen-bond donors (Lipinski definition) is 1. The standard InChI is InChI=1S/C19H21NO5/c1-12(2)25-16-6-4-13(10-17(16)22-3)19(21)20-14-5-7-15-18(11-14)24-9-8-23-15/h4-7,10-12H,8-9H2,1-3H3,(H,20,21). The molecule has 2 aromatic rings. The lowest BCUT2D eigenvalue weighted by molar-refractivity contribution is 0.102. The predicted molar refractivity (Wildman–Crippen MR) is 94.1 cm³/mol. The quantitative estimate of drug-likeness (QED) is 0.900. The van der Waals surface area contributed by atoms with E-state index < -0.39 is 0 Å². The zero-order valence-electron chi connectivity index (χ0n) is 14.5. The summed E-state index contributed by atoms with van der Waals surface area (Å²) >= 11 is 0. The Hall–Kier alpha value is -2.89. The number of nitrogens with one attached hydrogen (secondary N) is 1. The molecule has 1 heterocycles. The zero-order chi connectivity index (χ0) is 17.8. The average Bonchev–Trinajstić information content (AvgIpc) is 2.61. The summed E-state index contributed by atoms with van der Waals surface area (Å²) in [7, 11) is 1.55. The third-order valence-electron chi connectivity index (χ3n) is 3.59. The number of carbonyl (C=O) groups is 1. The Morgan fingerprint density at radius 2 is 1.80 bits per heavy atom. The minimum absolute atomic E-state index is 0.0197. The van der Waals surface area contributed by atoms with Crippen LogP contribution >= 0.6 is 0 Å². The molecule has 0 aliphatic carbocycles. The van der Waals surface area contributed by atoms with Crippen LogP contribution in [0.25, 0.3) is 0 Å². The van der Waals surface area contributed by atoms with Gasteiger partial charge >= 0.3 is 0 Å². The lowest BCUT2D eigenvalue weighted by Gasteiger charge is -2.19. The molecule has 1 N–H and O–H groups in total. The average molecular weight is 343 g/mol. The Morgan fingerprint density at radius 1 is 1.04 bits per heavy atom. The first-order chi connectivity index (χ1) is 12.1. The van der Waals surface area contributed by atoms with Crippen LogP contribution in [-0.2, 0) is 0 Å². The van der Waals surface area contributed by atoms with Crippen LogP contribution in [0.5, 0.6) is 23.0 Å². The smallest absolute Gasteiger partial charge is 0.255 e. The molecule has 3 rings (SSSR count). The van der Waals surface area contributed by atoms with Crippen molar-refractivity contribution >= 4 is 11.6 Å². The normalized spacial score (nSPS) is 12.6. The molecule has 0 radical (unpaired) electrons. The Balaban J connectivity index is 1.77. The van der Waals surface area contributed by atoms with E-state index in [0.717, 1.165) is 0 Å². The molecule has 1 amide bonds. The molecule has 0 aromatic heterocycles. The van der Waals surface area contributed by atoms with Crippen molar-refractivity contribution in [3.05, 3.63) is 42.0 Å². The molecule has 1 aliphatic heterocycles. The highest BCUT2D eigenvalue weighted by Crippen LogP contribution is 2.33. The van der Waals surface area contributed by atoms with Gasteiger partial charge in [-0.05, 0) is 44.2 Å². The fourth-order valence-electron chi connectivity index (χ4n) is 2.48. The number of benzene rings is 2. The van der Waals surface area contributed by atoms with Gasteiger partial charge in [0.1, 0.15) is 13.2 Å². The Bertz CT molecular complexity index is 772. The molecule has 6 heteroatoms. The van der Waals surface area contributed by atoms with Gasteiger partial charge in [0.25, 0.3) is 5.91 Å². The Morgan fingerprint density at radius 3 is 2.52 bits per heavy atom. The van der Waals surface area contributed by atoms with Crippen molar-refractivity contribution in [1.82, 2.24) is 0 Å². The van der Waals surface area contributed by atoms with Crippen LogP contribution in [0.2, 0.25) is 0 Å². The maximum atomic E-state index is 12.5. The van der Waals surface area contributed by atoms with Gasteiger partial charge in [-0.2, -0.15) is 0 Å². The number of rotatable bonds is 5. The monoisotopic (exact) mass is 343 g/mol. The van der Waals surface area contributed by atoms with E-state index in [9.17, 15) is 4.79 Å². The summed E-state index contributed by atoms with van der Waals surface area (Å²) in [5.74, 6) is 2.19. The highest BCUT2D eigenvalue weighted by atomic mass is 16.6. The van der Waals surface area contributed by atoms with E-state index in [0.29, 0.717) is 47.5 Å². The lowest BCUT2D eigenvalue weighted by Crippen LogP contribution is -2.16. The molecular formula is C19H21NO5. The van der Waals surface area contributed by atoms with E-state index >= 15 is 0 Å². The molecule has 1 aliphatic rings. The van der Waals surface area contributed by atoms with Gasteiger partial charge in [-0.25, -0.2) is 0 Å². The molecule has 0 fully saturated rings. The first-order valence-corrected chi connectivity index (χ1v) is 8.12. The van der Waals surface area contributed by atoms with E-state index in [-0.39, 0.29) is 12.0 Å². The second-order valence-corrected chi connectivity index (χ2v) is 5.84. The summed E-state index contributed by atoms with van der Waals surface area (Å²) in [6, 6.07) is 10.4. The van der Waals surface area contributed by atoms with Gasteiger partial charge in [0.2, 0.25) is 0 Å². The number of carbonyl (C=O) groups excluding carboxylic acids is 1. The van der Waals surface area contributed by atoms with Crippen LogP contribution in [-0.4, -0.2) is 32.3 Å². The summed E-state index contributed by atoms with van der Waals surface area (Å²) in [6.45, 7) is 4.89. The molecule has 25 heavy (non-hydrogen) atoms. The van der Waals surface area contributed by atoms with Crippen molar-refractivity contribution in [3.8, 4) is 23.0 Å². The molecular weight excluding hydrogens is 322 g/mol. The first-order valence-electron chi connectivity index (χ1n) is 8.12. The molecule has 0 atom stereocenters. The second kappa shape index (κ2) is 7.34. The van der Waals surface area contributed by atoms with E-state index in [1.165, 1.54) is 0 Å². The maximum Gasteiger partial charge on any atom is 0.255 e. The Kier molecular flexibility index (Phi) is 4.97. The van der Waals surface area contributed by atoms with E-state index in [1.54, 1.807) is 43.5 Å². The van der Waals surface area contributed by atoms with Crippen LogP contribution in [0, 0.1) is 0 Å². The van der Waals surface area contributed by atoms with Gasteiger partial charge in [-0.1, -0.05) is 0 Å². The summed E-state index contributed by atoms with van der Waals surface area (Å²) in [5.41, 5.74) is 1.11. The maximum absolute atomic E-state index is 12.5. The van der Waals surface area contributed by atoms with E-state index in [2.05, 4.69) is 5.32 Å². The lowest BCUT2D eigenvalue weighted by atomic mass is 10.1. The van der Waals surface area contributed by atoms with Crippen molar-refractivity contribution < 1.29 is 23.7 Å². The van der Waals surface area contributed by atoms with Gasteiger partial charge < -0.3 is 24.3 Å². The molecule has 0 spiro atoms. The number of methoxy groups -OCH3 is 1. The first kappa shape index (κ1) is 17.0. The highest BCUT2D eigenvalue weighted by Gasteiger charge is 2.15. The number of ether oxygens (including phenoxy) is 4. The summed E-state index contributed by atoms with van der Waals surface area (Å²) in [5, 5.41) is 2.85. The van der Waals surface area contributed by atoms with Gasteiger partial charge in [0, 0.05) is 17.3 Å². The number of anilines is 1. The summed E-state index contributed by atoms with van der Waals surface area (Å²) < 4.78 is 22.0. The zero-order valence-corrected chi connectivity index (χ0v) is 14.5. The van der Waals surface area contributed by atoms with Crippen molar-refractivity contribution in [1.29, 1.82) is 0 Å². The van der Waals surface area contributed by atoms with Crippen molar-refractivity contribution in [2.24, 2.45) is 0 Å². The minimum Gasteiger partial charge on any atom is -0.493 e. The fraction of sp³-hybridized carbons (Fsp3) is 0.316. The van der Waals surface area contributed by atoms with Crippen LogP contribution in [0.3, 0.4) is 0 Å². The van der Waals surface area contributed by atoms with E-state index in [1.807, 2.05) is 13.8 Å². The summed E-state index contributed by atoms with van der Waals surface area (Å²) in [6.07, 6.45) is 0.0197. The molecule has 0 bridgehead atoms. The predicted octanol–water partition coefficient (Wildman–Crippen LogP) is 3.51. The van der Waals surface area contributed by atoms with Crippen LogP contribution < -0.4 is 24.3 Å². The molecule has 0 saturated carbocycles. The van der Waals surface area contributed by atoms with Gasteiger partial charge in [0.15, 0.2) is 23.0 Å². The second-order valence-electron chi connectivity index (χ2n) is 5.84. The summed E-state index contributed by atoms with van der Waals surface area (Å²) in [4.78, 5) is 12.5. The number of amides is 1. The fourth-order valence-corrected chi connectivity index (χ4v) is 2.48. The third-order valence-corrected chi connectivity index (χ3v) is 3.59. The largest absolute Gasteiger partial charge is 0.493 e. The van der Waals surface area contributed by atoms with Crippen molar-refractivity contribution in [2.45, 2.75) is 20.0 Å². The number of fused-ring (bicyclic) bond motifs is 1. The molecule has 0 unspecified atom stereocenters. The molecule has 0 saturated heterocycles. The molecule has 132 valence electrons. The van der Waals surface area contributed by atoms with Gasteiger partial charge in [-0.3, -0.25) is 4.79 Å². The van der Waals surface area contributed by atoms with Crippen LogP contribution in [0.15, 0.2) is 36.4 Å².